The summed E-state index contributed by atoms with van der Waals surface area (Å²) in [6.45, 7) is 1.31. The largest absolute Gasteiger partial charge is 0.311 e. The Morgan fingerprint density at radius 1 is 1.33 bits per heavy atom. The van der Waals surface area contributed by atoms with E-state index in [0.29, 0.717) is 22.0 Å². The molecule has 1 aliphatic rings. The Labute approximate surface area is 132 Å². The standard InChI is InChI=1S/C15H23ClN2O2S/c1-18(2)15(8-5-9-15)11-17-10-12-13(16)6-4-7-14(12)21(3,19)20/h4,6-7,17H,5,8-11H2,1-3H3. The molecule has 1 aromatic rings. The maximum absolute atomic E-state index is 11.8. The van der Waals surface area contributed by atoms with E-state index in [4.69, 9.17) is 11.6 Å². The highest BCUT2D eigenvalue weighted by molar-refractivity contribution is 7.90. The predicted molar refractivity (Wildman–Crippen MR) is 86.5 cm³/mol. The van der Waals surface area contributed by atoms with Crippen LogP contribution in [0.3, 0.4) is 0 Å². The maximum atomic E-state index is 11.8. The number of nitrogens with zero attached hydrogens (tertiary/aromatic N) is 1. The molecule has 0 spiro atoms. The second-order valence-corrected chi connectivity index (χ2v) is 8.46. The first kappa shape index (κ1) is 16.7. The lowest BCUT2D eigenvalue weighted by atomic mass is 9.75. The van der Waals surface area contributed by atoms with Crippen molar-refractivity contribution in [2.24, 2.45) is 0 Å². The van der Waals surface area contributed by atoms with E-state index in [9.17, 15) is 8.42 Å². The van der Waals surface area contributed by atoms with Crippen molar-refractivity contribution in [3.63, 3.8) is 0 Å². The van der Waals surface area contributed by atoms with Crippen LogP contribution < -0.4 is 5.32 Å². The number of hydrogen-bond donors (Lipinski definition) is 1. The van der Waals surface area contributed by atoms with Gasteiger partial charge in [0.15, 0.2) is 9.84 Å². The molecule has 4 nitrogen and oxygen atoms in total. The molecule has 1 N–H and O–H groups in total. The highest BCUT2D eigenvalue weighted by atomic mass is 35.5. The molecule has 2 rings (SSSR count). The van der Waals surface area contributed by atoms with Gasteiger partial charge in [-0.1, -0.05) is 17.7 Å². The van der Waals surface area contributed by atoms with Gasteiger partial charge in [-0.05, 0) is 45.5 Å². The van der Waals surface area contributed by atoms with Crippen molar-refractivity contribution in [1.82, 2.24) is 10.2 Å². The fraction of sp³-hybridized carbons (Fsp3) is 0.600. The second kappa shape index (κ2) is 6.24. The van der Waals surface area contributed by atoms with Gasteiger partial charge in [0.05, 0.1) is 4.90 Å². The number of likely N-dealkylation sites (N-methyl/N-ethyl adjacent to an activating group) is 1. The van der Waals surface area contributed by atoms with E-state index in [1.54, 1.807) is 18.2 Å². The van der Waals surface area contributed by atoms with E-state index >= 15 is 0 Å². The van der Waals surface area contributed by atoms with Gasteiger partial charge in [0.25, 0.3) is 0 Å². The summed E-state index contributed by atoms with van der Waals surface area (Å²) >= 11 is 6.18. The first-order valence-corrected chi connectivity index (χ1v) is 9.39. The lowest BCUT2D eigenvalue weighted by Crippen LogP contribution is -2.56. The first-order valence-electron chi connectivity index (χ1n) is 7.12. The van der Waals surface area contributed by atoms with Crippen molar-refractivity contribution in [2.75, 3.05) is 26.9 Å². The fourth-order valence-electron chi connectivity index (χ4n) is 2.84. The normalized spacial score (nSPS) is 17.8. The van der Waals surface area contributed by atoms with Crippen LogP contribution in [0.5, 0.6) is 0 Å². The summed E-state index contributed by atoms with van der Waals surface area (Å²) in [4.78, 5) is 2.57. The predicted octanol–water partition coefficient (Wildman–Crippen LogP) is 2.32. The van der Waals surface area contributed by atoms with E-state index < -0.39 is 9.84 Å². The van der Waals surface area contributed by atoms with Gasteiger partial charge in [-0.25, -0.2) is 8.42 Å². The van der Waals surface area contributed by atoms with Crippen LogP contribution in [0.25, 0.3) is 0 Å². The molecular weight excluding hydrogens is 308 g/mol. The summed E-state index contributed by atoms with van der Waals surface area (Å²) in [5.74, 6) is 0. The molecule has 0 radical (unpaired) electrons. The summed E-state index contributed by atoms with van der Waals surface area (Å²) in [6.07, 6.45) is 4.82. The van der Waals surface area contributed by atoms with Gasteiger partial charge in [-0.2, -0.15) is 0 Å². The Bertz CT molecular complexity index is 610. The van der Waals surface area contributed by atoms with Crippen molar-refractivity contribution in [3.05, 3.63) is 28.8 Å². The van der Waals surface area contributed by atoms with Crippen molar-refractivity contribution < 1.29 is 8.42 Å². The third-order valence-corrected chi connectivity index (χ3v) is 6.00. The molecular formula is C15H23ClN2O2S. The van der Waals surface area contributed by atoms with E-state index in [1.165, 1.54) is 25.5 Å². The molecule has 0 unspecified atom stereocenters. The molecule has 1 saturated carbocycles. The minimum atomic E-state index is -3.26. The molecule has 0 aliphatic heterocycles. The van der Waals surface area contributed by atoms with Crippen molar-refractivity contribution in [2.45, 2.75) is 36.2 Å². The van der Waals surface area contributed by atoms with Crippen molar-refractivity contribution in [1.29, 1.82) is 0 Å². The van der Waals surface area contributed by atoms with Crippen LogP contribution in [0.15, 0.2) is 23.1 Å². The number of benzene rings is 1. The van der Waals surface area contributed by atoms with Crippen LogP contribution >= 0.6 is 11.6 Å². The Morgan fingerprint density at radius 3 is 2.48 bits per heavy atom. The number of hydrogen-bond acceptors (Lipinski definition) is 4. The van der Waals surface area contributed by atoms with E-state index in [0.717, 1.165) is 6.54 Å². The zero-order valence-corrected chi connectivity index (χ0v) is 14.4. The zero-order chi connectivity index (χ0) is 15.7. The molecule has 1 fully saturated rings. The molecule has 0 aromatic heterocycles. The Morgan fingerprint density at radius 2 is 2.00 bits per heavy atom. The number of rotatable bonds is 6. The lowest BCUT2D eigenvalue weighted by molar-refractivity contribution is 0.0598. The van der Waals surface area contributed by atoms with Gasteiger partial charge in [0.2, 0.25) is 0 Å². The van der Waals surface area contributed by atoms with Gasteiger partial charge in [0.1, 0.15) is 0 Å². The zero-order valence-electron chi connectivity index (χ0n) is 12.8. The first-order chi connectivity index (χ1) is 9.76. The maximum Gasteiger partial charge on any atom is 0.175 e. The summed E-state index contributed by atoms with van der Waals surface area (Å²) in [5.41, 5.74) is 0.863. The topological polar surface area (TPSA) is 49.4 Å². The SMILES string of the molecule is CN(C)C1(CNCc2c(Cl)cccc2S(C)(=O)=O)CCC1. The van der Waals surface area contributed by atoms with Gasteiger partial charge in [-0.3, -0.25) is 0 Å². The van der Waals surface area contributed by atoms with Gasteiger partial charge in [-0.15, -0.1) is 0 Å². The molecule has 0 amide bonds. The van der Waals surface area contributed by atoms with Crippen LogP contribution in [0.2, 0.25) is 5.02 Å². The third kappa shape index (κ3) is 3.59. The van der Waals surface area contributed by atoms with E-state index in [-0.39, 0.29) is 5.54 Å². The molecule has 1 aromatic carbocycles. The van der Waals surface area contributed by atoms with Crippen LogP contribution in [0.1, 0.15) is 24.8 Å². The Balaban J connectivity index is 2.10. The van der Waals surface area contributed by atoms with Crippen LogP contribution in [0.4, 0.5) is 0 Å². The molecule has 0 atom stereocenters. The van der Waals surface area contributed by atoms with Crippen molar-refractivity contribution in [3.8, 4) is 0 Å². The summed E-state index contributed by atoms with van der Waals surface area (Å²) in [6, 6.07) is 5.02. The number of nitrogens with one attached hydrogen (secondary N) is 1. The van der Waals surface area contributed by atoms with Crippen LogP contribution in [-0.2, 0) is 16.4 Å². The molecule has 21 heavy (non-hydrogen) atoms. The molecule has 1 aliphatic carbocycles. The molecule has 6 heteroatoms. The van der Waals surface area contributed by atoms with Crippen molar-refractivity contribution >= 4 is 21.4 Å². The fourth-order valence-corrected chi connectivity index (χ4v) is 4.10. The minimum absolute atomic E-state index is 0.201. The van der Waals surface area contributed by atoms with Gasteiger partial charge >= 0.3 is 0 Å². The molecule has 0 heterocycles. The molecule has 118 valence electrons. The monoisotopic (exact) mass is 330 g/mol. The van der Waals surface area contributed by atoms with E-state index in [2.05, 4.69) is 24.3 Å². The third-order valence-electron chi connectivity index (χ3n) is 4.46. The molecule has 0 saturated heterocycles. The quantitative estimate of drug-likeness (QED) is 0.869. The highest BCUT2D eigenvalue weighted by Gasteiger charge is 2.38. The van der Waals surface area contributed by atoms with Gasteiger partial charge < -0.3 is 10.2 Å². The lowest BCUT2D eigenvalue weighted by Gasteiger charge is -2.47. The Kier molecular flexibility index (Phi) is 4.98. The second-order valence-electron chi connectivity index (χ2n) is 6.06. The van der Waals surface area contributed by atoms with Gasteiger partial charge in [0, 0.05) is 35.5 Å². The minimum Gasteiger partial charge on any atom is -0.311 e. The Hall–Kier alpha value is -0.620. The summed E-state index contributed by atoms with van der Waals surface area (Å²) < 4.78 is 23.7. The smallest absolute Gasteiger partial charge is 0.175 e. The highest BCUT2D eigenvalue weighted by Crippen LogP contribution is 2.35. The number of halogens is 1. The average Bonchev–Trinajstić information content (AvgIpc) is 2.32. The van der Waals surface area contributed by atoms with E-state index in [1.807, 2.05) is 0 Å². The summed E-state index contributed by atoms with van der Waals surface area (Å²) in [5, 5.41) is 3.89. The average molecular weight is 331 g/mol. The summed E-state index contributed by atoms with van der Waals surface area (Å²) in [7, 11) is 0.926. The number of sulfone groups is 1. The van der Waals surface area contributed by atoms with Crippen LogP contribution in [-0.4, -0.2) is 45.8 Å². The molecule has 0 bridgehead atoms. The van der Waals surface area contributed by atoms with Crippen LogP contribution in [0, 0.1) is 0 Å².